The van der Waals surface area contributed by atoms with Gasteiger partial charge in [-0.3, -0.25) is 9.69 Å². The number of nitrogens with zero attached hydrogens (tertiary/aromatic N) is 3. The lowest BCUT2D eigenvalue weighted by Gasteiger charge is -2.14. The largest absolute Gasteiger partial charge is 0.383 e. The Bertz CT molecular complexity index is 1150. The average Bonchev–Trinajstić information content (AvgIpc) is 3.34. The molecule has 0 saturated carbocycles. The molecule has 0 atom stereocenters. The first-order valence-electron chi connectivity index (χ1n) is 9.85. The maximum atomic E-state index is 13.2. The molecule has 0 radical (unpaired) electrons. The number of rotatable bonds is 6. The fourth-order valence-electron chi connectivity index (χ4n) is 3.20. The first-order chi connectivity index (χ1) is 15.1. The molecule has 1 saturated heterocycles. The van der Waals surface area contributed by atoms with Crippen LogP contribution in [-0.2, 0) is 9.53 Å². The minimum atomic E-state index is -0.0774. The number of amides is 1. The van der Waals surface area contributed by atoms with Crippen molar-refractivity contribution in [1.29, 1.82) is 0 Å². The molecule has 0 unspecified atom stereocenters. The highest BCUT2D eigenvalue weighted by Crippen LogP contribution is 2.34. The van der Waals surface area contributed by atoms with Crippen LogP contribution in [0.25, 0.3) is 11.8 Å². The van der Waals surface area contributed by atoms with Gasteiger partial charge in [-0.25, -0.2) is 4.99 Å². The summed E-state index contributed by atoms with van der Waals surface area (Å²) in [6.45, 7) is 2.85. The molecular formula is C24H22ClN3O2S. The molecule has 0 bridgehead atoms. The fourth-order valence-corrected chi connectivity index (χ4v) is 4.38. The Kier molecular flexibility index (Phi) is 6.61. The summed E-state index contributed by atoms with van der Waals surface area (Å²) in [6, 6.07) is 19.5. The van der Waals surface area contributed by atoms with Crippen LogP contribution in [0.2, 0.25) is 5.02 Å². The number of thioether (sulfide) groups is 1. The average molecular weight is 452 g/mol. The molecule has 0 spiro atoms. The van der Waals surface area contributed by atoms with Gasteiger partial charge >= 0.3 is 0 Å². The van der Waals surface area contributed by atoms with Crippen molar-refractivity contribution in [2.24, 2.45) is 4.99 Å². The van der Waals surface area contributed by atoms with Crippen LogP contribution in [0, 0.1) is 6.92 Å². The molecule has 2 aromatic carbocycles. The predicted octanol–water partition coefficient (Wildman–Crippen LogP) is 5.69. The topological polar surface area (TPSA) is 46.8 Å². The quantitative estimate of drug-likeness (QED) is 0.452. The highest BCUT2D eigenvalue weighted by Gasteiger charge is 2.33. The first kappa shape index (κ1) is 21.4. The van der Waals surface area contributed by atoms with E-state index >= 15 is 0 Å². The van der Waals surface area contributed by atoms with E-state index in [1.807, 2.05) is 84.4 Å². The van der Waals surface area contributed by atoms with Crippen LogP contribution in [-0.4, -0.2) is 40.8 Å². The third kappa shape index (κ3) is 4.77. The number of aromatic nitrogens is 1. The van der Waals surface area contributed by atoms with E-state index in [9.17, 15) is 4.79 Å². The molecule has 158 valence electrons. The zero-order valence-electron chi connectivity index (χ0n) is 17.3. The van der Waals surface area contributed by atoms with Gasteiger partial charge in [-0.2, -0.15) is 0 Å². The van der Waals surface area contributed by atoms with Crippen molar-refractivity contribution in [2.75, 3.05) is 20.3 Å². The van der Waals surface area contributed by atoms with Crippen molar-refractivity contribution in [3.05, 3.63) is 88.0 Å². The van der Waals surface area contributed by atoms with E-state index in [2.05, 4.69) is 4.99 Å². The number of methoxy groups -OCH3 is 1. The van der Waals surface area contributed by atoms with Gasteiger partial charge in [-0.05, 0) is 66.7 Å². The van der Waals surface area contributed by atoms with Gasteiger partial charge in [0.05, 0.1) is 23.7 Å². The Morgan fingerprint density at radius 3 is 2.68 bits per heavy atom. The third-order valence-electron chi connectivity index (χ3n) is 4.88. The smallest absolute Gasteiger partial charge is 0.266 e. The van der Waals surface area contributed by atoms with Gasteiger partial charge in [0.25, 0.3) is 5.91 Å². The zero-order valence-corrected chi connectivity index (χ0v) is 18.9. The number of aliphatic imine (C=N–C) groups is 1. The van der Waals surface area contributed by atoms with Crippen LogP contribution in [0.15, 0.2) is 76.8 Å². The van der Waals surface area contributed by atoms with Gasteiger partial charge in [0.1, 0.15) is 0 Å². The zero-order chi connectivity index (χ0) is 21.8. The molecule has 5 nitrogen and oxygen atoms in total. The Morgan fingerprint density at radius 2 is 1.94 bits per heavy atom. The number of aryl methyl sites for hydroxylation is 1. The molecule has 0 aliphatic carbocycles. The Balaban J connectivity index is 1.68. The number of amidine groups is 1. The summed E-state index contributed by atoms with van der Waals surface area (Å²) >= 11 is 7.69. The minimum Gasteiger partial charge on any atom is -0.383 e. The van der Waals surface area contributed by atoms with Crippen molar-refractivity contribution in [3.63, 3.8) is 0 Å². The van der Waals surface area contributed by atoms with Crippen LogP contribution in [0.3, 0.4) is 0 Å². The Labute approximate surface area is 191 Å². The van der Waals surface area contributed by atoms with Gasteiger partial charge in [-0.1, -0.05) is 35.9 Å². The fraction of sp³-hybridized carbons (Fsp3) is 0.167. The van der Waals surface area contributed by atoms with E-state index in [-0.39, 0.29) is 5.91 Å². The van der Waals surface area contributed by atoms with E-state index in [1.54, 1.807) is 12.0 Å². The third-order valence-corrected chi connectivity index (χ3v) is 6.29. The summed E-state index contributed by atoms with van der Waals surface area (Å²) in [4.78, 5) is 20.1. The molecule has 0 N–H and O–H groups in total. The van der Waals surface area contributed by atoms with Crippen LogP contribution >= 0.6 is 23.4 Å². The predicted molar refractivity (Wildman–Crippen MR) is 128 cm³/mol. The van der Waals surface area contributed by atoms with Crippen molar-refractivity contribution in [1.82, 2.24) is 9.47 Å². The second-order valence-electron chi connectivity index (χ2n) is 7.03. The molecule has 1 amide bonds. The van der Waals surface area contributed by atoms with Gasteiger partial charge in [0.15, 0.2) is 5.17 Å². The van der Waals surface area contributed by atoms with Crippen molar-refractivity contribution < 1.29 is 9.53 Å². The summed E-state index contributed by atoms with van der Waals surface area (Å²) in [5, 5.41) is 1.36. The number of hydrogen-bond donors (Lipinski definition) is 0. The molecule has 1 aliphatic rings. The number of halogens is 1. The molecule has 4 rings (SSSR count). The van der Waals surface area contributed by atoms with Crippen LogP contribution in [0.1, 0.15) is 11.3 Å². The second-order valence-corrected chi connectivity index (χ2v) is 8.44. The number of hydrogen-bond acceptors (Lipinski definition) is 4. The maximum absolute atomic E-state index is 13.2. The second kappa shape index (κ2) is 9.56. The summed E-state index contributed by atoms with van der Waals surface area (Å²) in [7, 11) is 1.62. The van der Waals surface area contributed by atoms with Crippen LogP contribution < -0.4 is 0 Å². The molecule has 31 heavy (non-hydrogen) atoms. The lowest BCUT2D eigenvalue weighted by molar-refractivity contribution is -0.122. The van der Waals surface area contributed by atoms with E-state index in [4.69, 9.17) is 16.3 Å². The molecule has 1 fully saturated rings. The molecular weight excluding hydrogens is 430 g/mol. The van der Waals surface area contributed by atoms with Crippen LogP contribution in [0.5, 0.6) is 0 Å². The normalized spacial score (nSPS) is 16.6. The van der Waals surface area contributed by atoms with Gasteiger partial charge in [0.2, 0.25) is 0 Å². The number of para-hydroxylation sites is 1. The molecule has 7 heteroatoms. The van der Waals surface area contributed by atoms with Gasteiger partial charge < -0.3 is 9.30 Å². The first-order valence-corrected chi connectivity index (χ1v) is 11.0. The monoisotopic (exact) mass is 451 g/mol. The summed E-state index contributed by atoms with van der Waals surface area (Å²) in [5.41, 5.74) is 3.66. The molecule has 1 aromatic heterocycles. The van der Waals surface area contributed by atoms with Crippen molar-refractivity contribution in [2.45, 2.75) is 6.92 Å². The molecule has 3 aromatic rings. The number of carbonyl (C=O) groups is 1. The SMILES string of the molecule is COCCN1C(=O)/C(=C/c2cccn2-c2ccc(C)c(Cl)c2)SC1=Nc1ccccc1. The van der Waals surface area contributed by atoms with Crippen LogP contribution in [0.4, 0.5) is 5.69 Å². The molecule has 2 heterocycles. The maximum Gasteiger partial charge on any atom is 0.266 e. The summed E-state index contributed by atoms with van der Waals surface area (Å²) in [5.74, 6) is -0.0774. The number of carbonyl (C=O) groups excluding carboxylic acids is 1. The van der Waals surface area contributed by atoms with E-state index in [1.165, 1.54) is 11.8 Å². The van der Waals surface area contributed by atoms with E-state index < -0.39 is 0 Å². The molecule has 1 aliphatic heterocycles. The summed E-state index contributed by atoms with van der Waals surface area (Å²) < 4.78 is 7.21. The highest BCUT2D eigenvalue weighted by atomic mass is 35.5. The Morgan fingerprint density at radius 1 is 1.13 bits per heavy atom. The van der Waals surface area contributed by atoms with Crippen molar-refractivity contribution in [3.8, 4) is 5.69 Å². The van der Waals surface area contributed by atoms with Gasteiger partial charge in [-0.15, -0.1) is 0 Å². The highest BCUT2D eigenvalue weighted by molar-refractivity contribution is 8.18. The van der Waals surface area contributed by atoms with E-state index in [0.717, 1.165) is 22.6 Å². The lowest BCUT2D eigenvalue weighted by atomic mass is 10.2. The number of ether oxygens (including phenoxy) is 1. The summed E-state index contributed by atoms with van der Waals surface area (Å²) in [6.07, 6.45) is 3.85. The number of benzene rings is 2. The lowest BCUT2D eigenvalue weighted by Crippen LogP contribution is -2.32. The van der Waals surface area contributed by atoms with Gasteiger partial charge in [0, 0.05) is 29.7 Å². The minimum absolute atomic E-state index is 0.0774. The van der Waals surface area contributed by atoms with E-state index in [0.29, 0.717) is 28.2 Å². The standard InChI is InChI=1S/C24H22ClN3O2S/c1-17-10-11-20(15-21(17)25)27-12-6-9-19(27)16-22-23(29)28(13-14-30-2)24(31-22)26-18-7-4-3-5-8-18/h3-12,15-16H,13-14H2,1-2H3/b22-16-,26-24?. The van der Waals surface area contributed by atoms with Crippen molar-refractivity contribution >= 4 is 46.2 Å². The Hall–Kier alpha value is -2.80.